The van der Waals surface area contributed by atoms with E-state index in [4.69, 9.17) is 4.74 Å². The molecule has 1 N–H and O–H groups in total. The maximum atomic E-state index is 12.8. The molecule has 0 aliphatic rings. The van der Waals surface area contributed by atoms with Crippen molar-refractivity contribution < 1.29 is 24.0 Å². The smallest absolute Gasteiger partial charge is 0.341 e. The zero-order valence-corrected chi connectivity index (χ0v) is 17.3. The highest BCUT2D eigenvalue weighted by Gasteiger charge is 2.28. The molecule has 29 heavy (non-hydrogen) atoms. The number of nitrogens with zero attached hydrogens (tertiary/aromatic N) is 2. The van der Waals surface area contributed by atoms with Gasteiger partial charge in [-0.15, -0.1) is 11.3 Å². The van der Waals surface area contributed by atoms with Crippen LogP contribution in [0.5, 0.6) is 0 Å². The topological polar surface area (TPSA) is 119 Å². The second-order valence-corrected chi connectivity index (χ2v) is 7.01. The Kier molecular flexibility index (Phi) is 7.05. The van der Waals surface area contributed by atoms with Crippen molar-refractivity contribution in [2.45, 2.75) is 20.8 Å². The number of rotatable bonds is 7. The number of methoxy groups -OCH3 is 1. The summed E-state index contributed by atoms with van der Waals surface area (Å²) in [6.07, 6.45) is 0. The van der Waals surface area contributed by atoms with E-state index in [9.17, 15) is 24.5 Å². The van der Waals surface area contributed by atoms with Crippen LogP contribution in [0.4, 0.5) is 10.7 Å². The van der Waals surface area contributed by atoms with Crippen molar-refractivity contribution in [3.63, 3.8) is 0 Å². The van der Waals surface area contributed by atoms with Gasteiger partial charge in [0, 0.05) is 30.8 Å². The van der Waals surface area contributed by atoms with Crippen LogP contribution in [0.2, 0.25) is 0 Å². The maximum Gasteiger partial charge on any atom is 0.341 e. The average Bonchev–Trinajstić information content (AvgIpc) is 3.04. The fourth-order valence-electron chi connectivity index (χ4n) is 2.74. The standard InChI is InChI=1S/C19H21N3O6S/c1-5-21(6-2)18(24)15-11(3)14(19(25)28-4)17(29-15)20-16(23)12-8-7-9-13(10-12)22(26)27/h7-10H,5-6H2,1-4H3,(H,20,23). The van der Waals surface area contributed by atoms with Gasteiger partial charge < -0.3 is 15.0 Å². The Morgan fingerprint density at radius 1 is 1.24 bits per heavy atom. The molecule has 1 aromatic heterocycles. The second kappa shape index (κ2) is 9.28. The summed E-state index contributed by atoms with van der Waals surface area (Å²) < 4.78 is 4.80. The molecule has 0 bridgehead atoms. The molecule has 0 fully saturated rings. The first-order chi connectivity index (χ1) is 13.7. The molecule has 0 saturated carbocycles. The lowest BCUT2D eigenvalue weighted by Gasteiger charge is -2.17. The molecule has 0 aliphatic heterocycles. The molecule has 154 valence electrons. The van der Waals surface area contributed by atoms with Crippen LogP contribution in [0.1, 0.15) is 49.8 Å². The van der Waals surface area contributed by atoms with Gasteiger partial charge in [0.05, 0.1) is 22.5 Å². The van der Waals surface area contributed by atoms with E-state index in [-0.39, 0.29) is 27.7 Å². The van der Waals surface area contributed by atoms with E-state index in [0.717, 1.165) is 17.4 Å². The molecular formula is C19H21N3O6S. The highest BCUT2D eigenvalue weighted by Crippen LogP contribution is 2.35. The van der Waals surface area contributed by atoms with E-state index in [1.807, 2.05) is 13.8 Å². The molecule has 0 aliphatic carbocycles. The molecular weight excluding hydrogens is 398 g/mol. The summed E-state index contributed by atoms with van der Waals surface area (Å²) in [7, 11) is 1.21. The monoisotopic (exact) mass is 419 g/mol. The van der Waals surface area contributed by atoms with Crippen LogP contribution in [-0.2, 0) is 4.74 Å². The van der Waals surface area contributed by atoms with Crippen molar-refractivity contribution in [3.05, 3.63) is 55.9 Å². The normalized spacial score (nSPS) is 10.3. The maximum absolute atomic E-state index is 12.8. The molecule has 0 radical (unpaired) electrons. The molecule has 2 amide bonds. The van der Waals surface area contributed by atoms with Crippen molar-refractivity contribution in [1.82, 2.24) is 4.90 Å². The number of non-ortho nitro benzene ring substituents is 1. The third-order valence-electron chi connectivity index (χ3n) is 4.33. The predicted molar refractivity (Wildman–Crippen MR) is 109 cm³/mol. The van der Waals surface area contributed by atoms with Crippen molar-refractivity contribution in [2.75, 3.05) is 25.5 Å². The van der Waals surface area contributed by atoms with E-state index < -0.39 is 16.8 Å². The molecule has 1 aromatic carbocycles. The summed E-state index contributed by atoms with van der Waals surface area (Å²) in [6, 6.07) is 5.22. The van der Waals surface area contributed by atoms with Gasteiger partial charge in [-0.2, -0.15) is 0 Å². The number of esters is 1. The van der Waals surface area contributed by atoms with Crippen molar-refractivity contribution in [2.24, 2.45) is 0 Å². The summed E-state index contributed by atoms with van der Waals surface area (Å²) in [5.41, 5.74) is 0.322. The zero-order valence-electron chi connectivity index (χ0n) is 16.5. The van der Waals surface area contributed by atoms with Gasteiger partial charge in [0.15, 0.2) is 0 Å². The molecule has 0 unspecified atom stereocenters. The van der Waals surface area contributed by atoms with Gasteiger partial charge in [0.25, 0.3) is 17.5 Å². The van der Waals surface area contributed by atoms with E-state index in [2.05, 4.69) is 5.32 Å². The van der Waals surface area contributed by atoms with Gasteiger partial charge in [0.2, 0.25) is 0 Å². The lowest BCUT2D eigenvalue weighted by Crippen LogP contribution is -2.30. The quantitative estimate of drug-likeness (QED) is 0.417. The molecule has 0 atom stereocenters. The predicted octanol–water partition coefficient (Wildman–Crippen LogP) is 3.49. The first-order valence-electron chi connectivity index (χ1n) is 8.81. The van der Waals surface area contributed by atoms with E-state index >= 15 is 0 Å². The zero-order chi connectivity index (χ0) is 21.7. The summed E-state index contributed by atoms with van der Waals surface area (Å²) in [6.45, 7) is 6.29. The number of amides is 2. The number of benzene rings is 1. The molecule has 2 aromatic rings. The lowest BCUT2D eigenvalue weighted by molar-refractivity contribution is -0.384. The number of hydrogen-bond donors (Lipinski definition) is 1. The first kappa shape index (κ1) is 22.0. The van der Waals surface area contributed by atoms with Gasteiger partial charge in [-0.25, -0.2) is 4.79 Å². The molecule has 10 heteroatoms. The van der Waals surface area contributed by atoms with Gasteiger partial charge in [-0.05, 0) is 32.4 Å². The number of nitro benzene ring substituents is 1. The summed E-state index contributed by atoms with van der Waals surface area (Å²) in [5, 5.41) is 13.7. The number of nitrogens with one attached hydrogen (secondary N) is 1. The molecule has 0 saturated heterocycles. The minimum absolute atomic E-state index is 0.0534. The van der Waals surface area contributed by atoms with Crippen LogP contribution in [0.3, 0.4) is 0 Å². The van der Waals surface area contributed by atoms with Crippen LogP contribution >= 0.6 is 11.3 Å². The summed E-state index contributed by atoms with van der Waals surface area (Å²) in [4.78, 5) is 49.9. The van der Waals surface area contributed by atoms with Gasteiger partial charge in [0.1, 0.15) is 5.00 Å². The van der Waals surface area contributed by atoms with Crippen LogP contribution in [0.25, 0.3) is 0 Å². The lowest BCUT2D eigenvalue weighted by atomic mass is 10.1. The molecule has 1 heterocycles. The van der Waals surface area contributed by atoms with Crippen molar-refractivity contribution in [1.29, 1.82) is 0 Å². The number of anilines is 1. The van der Waals surface area contributed by atoms with Crippen LogP contribution in [0, 0.1) is 17.0 Å². The number of nitro groups is 1. The Bertz CT molecular complexity index is 965. The third-order valence-corrected chi connectivity index (χ3v) is 5.52. The number of carbonyl (C=O) groups excluding carboxylic acids is 3. The van der Waals surface area contributed by atoms with E-state index in [0.29, 0.717) is 23.5 Å². The fraction of sp³-hybridized carbons (Fsp3) is 0.316. The van der Waals surface area contributed by atoms with Gasteiger partial charge >= 0.3 is 5.97 Å². The third kappa shape index (κ3) is 4.60. The second-order valence-electron chi connectivity index (χ2n) is 5.99. The highest BCUT2D eigenvalue weighted by molar-refractivity contribution is 7.18. The van der Waals surface area contributed by atoms with Crippen LogP contribution in [0.15, 0.2) is 24.3 Å². The van der Waals surface area contributed by atoms with Gasteiger partial charge in [-0.3, -0.25) is 19.7 Å². The minimum Gasteiger partial charge on any atom is -0.465 e. The number of ether oxygens (including phenoxy) is 1. The number of carbonyl (C=O) groups is 3. The average molecular weight is 419 g/mol. The molecule has 2 rings (SSSR count). The summed E-state index contributed by atoms with van der Waals surface area (Å²) in [5.74, 6) is -1.58. The van der Waals surface area contributed by atoms with Crippen molar-refractivity contribution >= 4 is 39.8 Å². The Balaban J connectivity index is 2.46. The molecule has 0 spiro atoms. The number of thiophene rings is 1. The molecule has 9 nitrogen and oxygen atoms in total. The minimum atomic E-state index is -0.688. The van der Waals surface area contributed by atoms with E-state index in [1.54, 1.807) is 11.8 Å². The van der Waals surface area contributed by atoms with Crippen LogP contribution in [-0.4, -0.2) is 47.8 Å². The SMILES string of the molecule is CCN(CC)C(=O)c1sc(NC(=O)c2cccc([N+](=O)[O-])c2)c(C(=O)OC)c1C. The largest absolute Gasteiger partial charge is 0.465 e. The van der Waals surface area contributed by atoms with E-state index in [1.165, 1.54) is 25.3 Å². The Labute approximate surface area is 171 Å². The highest BCUT2D eigenvalue weighted by atomic mass is 32.1. The van der Waals surface area contributed by atoms with Gasteiger partial charge in [-0.1, -0.05) is 6.07 Å². The first-order valence-corrected chi connectivity index (χ1v) is 9.63. The fourth-order valence-corrected chi connectivity index (χ4v) is 3.90. The Hall–Kier alpha value is -3.27. The Morgan fingerprint density at radius 2 is 1.90 bits per heavy atom. The van der Waals surface area contributed by atoms with Crippen molar-refractivity contribution in [3.8, 4) is 0 Å². The number of hydrogen-bond acceptors (Lipinski definition) is 7. The summed E-state index contributed by atoms with van der Waals surface area (Å²) >= 11 is 0.973. The Morgan fingerprint density at radius 3 is 2.45 bits per heavy atom. The van der Waals surface area contributed by atoms with Crippen LogP contribution < -0.4 is 5.32 Å².